The standard InChI is InChI=1S/C13H17N3/c1-10(14)8-12-4-3-5-13(9-12)16-7-6-11(2)15-16/h3-7,9-10H,8,14H2,1-2H3. The third-order valence-electron chi connectivity index (χ3n) is 2.46. The molecular weight excluding hydrogens is 198 g/mol. The second-order valence-corrected chi connectivity index (χ2v) is 4.25. The highest BCUT2D eigenvalue weighted by Gasteiger charge is 2.01. The van der Waals surface area contributed by atoms with Crippen LogP contribution in [0.5, 0.6) is 0 Å². The molecule has 16 heavy (non-hydrogen) atoms. The summed E-state index contributed by atoms with van der Waals surface area (Å²) in [5, 5.41) is 4.39. The molecule has 2 N–H and O–H groups in total. The lowest BCUT2D eigenvalue weighted by Crippen LogP contribution is -2.17. The SMILES string of the molecule is Cc1ccn(-c2cccc(CC(C)N)c2)n1. The molecule has 2 rings (SSSR count). The van der Waals surface area contributed by atoms with Gasteiger partial charge in [0.15, 0.2) is 0 Å². The second-order valence-electron chi connectivity index (χ2n) is 4.25. The molecule has 1 heterocycles. The number of aromatic nitrogens is 2. The van der Waals surface area contributed by atoms with E-state index in [1.165, 1.54) is 5.56 Å². The summed E-state index contributed by atoms with van der Waals surface area (Å²) in [7, 11) is 0. The van der Waals surface area contributed by atoms with Gasteiger partial charge in [0.05, 0.1) is 11.4 Å². The van der Waals surface area contributed by atoms with E-state index in [-0.39, 0.29) is 6.04 Å². The van der Waals surface area contributed by atoms with Crippen molar-refractivity contribution in [3.8, 4) is 5.69 Å². The van der Waals surface area contributed by atoms with Gasteiger partial charge in [0.25, 0.3) is 0 Å². The zero-order chi connectivity index (χ0) is 11.5. The molecule has 1 atom stereocenters. The van der Waals surface area contributed by atoms with E-state index >= 15 is 0 Å². The molecule has 0 aliphatic heterocycles. The highest BCUT2D eigenvalue weighted by Crippen LogP contribution is 2.11. The topological polar surface area (TPSA) is 43.8 Å². The molecule has 3 heteroatoms. The molecule has 0 spiro atoms. The molecular formula is C13H17N3. The van der Waals surface area contributed by atoms with Crippen LogP contribution in [0.2, 0.25) is 0 Å². The molecule has 0 amide bonds. The molecule has 0 saturated carbocycles. The van der Waals surface area contributed by atoms with Gasteiger partial charge in [0, 0.05) is 12.2 Å². The molecule has 0 radical (unpaired) electrons. The number of nitrogens with two attached hydrogens (primary N) is 1. The van der Waals surface area contributed by atoms with Gasteiger partial charge in [-0.25, -0.2) is 4.68 Å². The Morgan fingerprint density at radius 2 is 2.19 bits per heavy atom. The molecule has 0 bridgehead atoms. The molecule has 0 fully saturated rings. The van der Waals surface area contributed by atoms with Crippen molar-refractivity contribution in [3.63, 3.8) is 0 Å². The Bertz CT molecular complexity index is 472. The first-order valence-corrected chi connectivity index (χ1v) is 5.52. The summed E-state index contributed by atoms with van der Waals surface area (Å²) in [4.78, 5) is 0. The van der Waals surface area contributed by atoms with Gasteiger partial charge in [0.2, 0.25) is 0 Å². The van der Waals surface area contributed by atoms with Gasteiger partial charge in [-0.1, -0.05) is 12.1 Å². The minimum atomic E-state index is 0.189. The van der Waals surface area contributed by atoms with Crippen LogP contribution in [0, 0.1) is 6.92 Å². The average Bonchev–Trinajstić information content (AvgIpc) is 2.64. The maximum atomic E-state index is 5.79. The van der Waals surface area contributed by atoms with E-state index in [4.69, 9.17) is 5.73 Å². The first-order chi connectivity index (χ1) is 7.65. The van der Waals surface area contributed by atoms with Crippen molar-refractivity contribution >= 4 is 0 Å². The third kappa shape index (κ3) is 2.49. The largest absolute Gasteiger partial charge is 0.328 e. The molecule has 84 valence electrons. The maximum Gasteiger partial charge on any atom is 0.0648 e. The summed E-state index contributed by atoms with van der Waals surface area (Å²) >= 11 is 0. The van der Waals surface area contributed by atoms with Crippen LogP contribution >= 0.6 is 0 Å². The van der Waals surface area contributed by atoms with Crippen molar-refractivity contribution in [1.82, 2.24) is 9.78 Å². The van der Waals surface area contributed by atoms with Crippen molar-refractivity contribution < 1.29 is 0 Å². The minimum absolute atomic E-state index is 0.189. The fourth-order valence-electron chi connectivity index (χ4n) is 1.76. The van der Waals surface area contributed by atoms with Gasteiger partial charge in [-0.3, -0.25) is 0 Å². The third-order valence-corrected chi connectivity index (χ3v) is 2.46. The number of benzene rings is 1. The average molecular weight is 215 g/mol. The van der Waals surface area contributed by atoms with Crippen LogP contribution in [-0.2, 0) is 6.42 Å². The summed E-state index contributed by atoms with van der Waals surface area (Å²) in [6.45, 7) is 4.01. The maximum absolute atomic E-state index is 5.79. The molecule has 3 nitrogen and oxygen atoms in total. The molecule has 1 aromatic carbocycles. The Balaban J connectivity index is 2.28. The fraction of sp³-hybridized carbons (Fsp3) is 0.308. The highest BCUT2D eigenvalue weighted by molar-refractivity contribution is 5.35. The van der Waals surface area contributed by atoms with Gasteiger partial charge in [-0.15, -0.1) is 0 Å². The van der Waals surface area contributed by atoms with Gasteiger partial charge >= 0.3 is 0 Å². The van der Waals surface area contributed by atoms with E-state index in [2.05, 4.69) is 23.3 Å². The summed E-state index contributed by atoms with van der Waals surface area (Å²) in [6.07, 6.45) is 2.87. The molecule has 0 aliphatic rings. The summed E-state index contributed by atoms with van der Waals surface area (Å²) < 4.78 is 1.89. The van der Waals surface area contributed by atoms with Gasteiger partial charge in [-0.2, -0.15) is 5.10 Å². The van der Waals surface area contributed by atoms with Crippen LogP contribution in [0.15, 0.2) is 36.5 Å². The number of hydrogen-bond donors (Lipinski definition) is 1. The Labute approximate surface area is 95.9 Å². The fourth-order valence-corrected chi connectivity index (χ4v) is 1.76. The van der Waals surface area contributed by atoms with E-state index in [0.29, 0.717) is 0 Å². The number of rotatable bonds is 3. The first-order valence-electron chi connectivity index (χ1n) is 5.52. The smallest absolute Gasteiger partial charge is 0.0648 e. The van der Waals surface area contributed by atoms with E-state index in [9.17, 15) is 0 Å². The predicted molar refractivity (Wildman–Crippen MR) is 65.7 cm³/mol. The van der Waals surface area contributed by atoms with E-state index in [1.807, 2.05) is 36.9 Å². The molecule has 0 saturated heterocycles. The lowest BCUT2D eigenvalue weighted by atomic mass is 10.1. The summed E-state index contributed by atoms with van der Waals surface area (Å²) in [5.41, 5.74) is 9.16. The molecule has 1 unspecified atom stereocenters. The van der Waals surface area contributed by atoms with E-state index < -0.39 is 0 Å². The van der Waals surface area contributed by atoms with Crippen molar-refractivity contribution in [3.05, 3.63) is 47.8 Å². The zero-order valence-corrected chi connectivity index (χ0v) is 9.72. The van der Waals surface area contributed by atoms with Gasteiger partial charge in [-0.05, 0) is 44.0 Å². The summed E-state index contributed by atoms with van der Waals surface area (Å²) in [5.74, 6) is 0. The number of hydrogen-bond acceptors (Lipinski definition) is 2. The minimum Gasteiger partial charge on any atom is -0.328 e. The Morgan fingerprint density at radius 1 is 1.38 bits per heavy atom. The van der Waals surface area contributed by atoms with Crippen LogP contribution in [-0.4, -0.2) is 15.8 Å². The Kier molecular flexibility index (Phi) is 3.06. The van der Waals surface area contributed by atoms with Crippen molar-refractivity contribution in [1.29, 1.82) is 0 Å². The molecule has 0 aliphatic carbocycles. The highest BCUT2D eigenvalue weighted by atomic mass is 15.3. The van der Waals surface area contributed by atoms with Crippen molar-refractivity contribution in [2.45, 2.75) is 26.3 Å². The van der Waals surface area contributed by atoms with Gasteiger partial charge in [0.1, 0.15) is 0 Å². The Morgan fingerprint density at radius 3 is 2.81 bits per heavy atom. The van der Waals surface area contributed by atoms with Crippen LogP contribution < -0.4 is 5.73 Å². The second kappa shape index (κ2) is 4.49. The zero-order valence-electron chi connectivity index (χ0n) is 9.72. The normalized spacial score (nSPS) is 12.7. The van der Waals surface area contributed by atoms with Crippen LogP contribution in [0.3, 0.4) is 0 Å². The van der Waals surface area contributed by atoms with E-state index in [0.717, 1.165) is 17.8 Å². The monoisotopic (exact) mass is 215 g/mol. The van der Waals surface area contributed by atoms with Crippen LogP contribution in [0.1, 0.15) is 18.2 Å². The van der Waals surface area contributed by atoms with Gasteiger partial charge < -0.3 is 5.73 Å². The number of aryl methyl sites for hydroxylation is 1. The Hall–Kier alpha value is -1.61. The van der Waals surface area contributed by atoms with Crippen molar-refractivity contribution in [2.24, 2.45) is 5.73 Å². The predicted octanol–water partition coefficient (Wildman–Crippen LogP) is 2.07. The number of nitrogens with zero attached hydrogens (tertiary/aromatic N) is 2. The molecule has 1 aromatic heterocycles. The van der Waals surface area contributed by atoms with Crippen LogP contribution in [0.4, 0.5) is 0 Å². The first kappa shape index (κ1) is 10.9. The quantitative estimate of drug-likeness (QED) is 0.851. The molecule has 2 aromatic rings. The van der Waals surface area contributed by atoms with Crippen molar-refractivity contribution in [2.75, 3.05) is 0 Å². The van der Waals surface area contributed by atoms with E-state index in [1.54, 1.807) is 0 Å². The summed E-state index contributed by atoms with van der Waals surface area (Å²) in [6, 6.07) is 10.5. The lowest BCUT2D eigenvalue weighted by molar-refractivity contribution is 0.736. The lowest BCUT2D eigenvalue weighted by Gasteiger charge is -2.07. The van der Waals surface area contributed by atoms with Crippen LogP contribution in [0.25, 0.3) is 5.69 Å².